The maximum Gasteiger partial charge on any atom is 0.125 e. The van der Waals surface area contributed by atoms with Gasteiger partial charge in [-0.05, 0) is 44.1 Å². The Bertz CT molecular complexity index is 623. The minimum atomic E-state index is 0.436. The van der Waals surface area contributed by atoms with Crippen molar-refractivity contribution >= 4 is 34.2 Å². The molecule has 0 radical (unpaired) electrons. The summed E-state index contributed by atoms with van der Waals surface area (Å²) < 4.78 is 2.33. The number of fused-ring (bicyclic) bond motifs is 1. The zero-order valence-electron chi connectivity index (χ0n) is 11.8. The van der Waals surface area contributed by atoms with Crippen LogP contribution in [0.3, 0.4) is 0 Å². The number of benzene rings is 1. The molecule has 0 bridgehead atoms. The van der Waals surface area contributed by atoms with Crippen molar-refractivity contribution in [2.24, 2.45) is 5.92 Å². The van der Waals surface area contributed by atoms with E-state index in [-0.39, 0.29) is 0 Å². The molecule has 1 aliphatic rings. The van der Waals surface area contributed by atoms with Gasteiger partial charge in [0.25, 0.3) is 0 Å². The summed E-state index contributed by atoms with van der Waals surface area (Å²) in [5.41, 5.74) is 2.09. The predicted octanol–water partition coefficient (Wildman–Crippen LogP) is 3.94. The Morgan fingerprint density at radius 1 is 1.40 bits per heavy atom. The van der Waals surface area contributed by atoms with Crippen LogP contribution >= 0.6 is 23.2 Å². The van der Waals surface area contributed by atoms with E-state index in [0.29, 0.717) is 17.8 Å². The summed E-state index contributed by atoms with van der Waals surface area (Å²) in [7, 11) is 2.18. The summed E-state index contributed by atoms with van der Waals surface area (Å²) in [6.07, 6.45) is 1.13. The smallest absolute Gasteiger partial charge is 0.125 e. The molecule has 108 valence electrons. The lowest BCUT2D eigenvalue weighted by Crippen LogP contribution is -2.38. The van der Waals surface area contributed by atoms with E-state index < -0.39 is 0 Å². The molecule has 1 fully saturated rings. The van der Waals surface area contributed by atoms with Crippen LogP contribution in [0.1, 0.15) is 25.2 Å². The molecule has 0 saturated carbocycles. The molecule has 5 heteroatoms. The van der Waals surface area contributed by atoms with Gasteiger partial charge in [-0.15, -0.1) is 11.6 Å². The van der Waals surface area contributed by atoms with Crippen molar-refractivity contribution in [1.82, 2.24) is 14.5 Å². The van der Waals surface area contributed by atoms with Gasteiger partial charge in [-0.3, -0.25) is 0 Å². The fraction of sp³-hybridized carbons (Fsp3) is 0.533. The molecule has 2 heterocycles. The van der Waals surface area contributed by atoms with Gasteiger partial charge in [0.15, 0.2) is 0 Å². The summed E-state index contributed by atoms with van der Waals surface area (Å²) in [4.78, 5) is 7.04. The summed E-state index contributed by atoms with van der Waals surface area (Å²) in [5, 5.41) is 0.722. The number of nitrogens with zero attached hydrogens (tertiary/aromatic N) is 3. The lowest BCUT2D eigenvalue weighted by molar-refractivity contribution is 0.160. The van der Waals surface area contributed by atoms with Crippen LogP contribution in [-0.4, -0.2) is 34.6 Å². The molecule has 0 aliphatic carbocycles. The highest BCUT2D eigenvalue weighted by Gasteiger charge is 2.28. The van der Waals surface area contributed by atoms with E-state index in [2.05, 4.69) is 34.5 Å². The van der Waals surface area contributed by atoms with E-state index in [9.17, 15) is 0 Å². The number of rotatable bonds is 2. The second kappa shape index (κ2) is 5.55. The number of piperidine rings is 1. The lowest BCUT2D eigenvalue weighted by Gasteiger charge is -2.36. The number of hydrogen-bond acceptors (Lipinski definition) is 2. The van der Waals surface area contributed by atoms with Crippen molar-refractivity contribution in [2.75, 3.05) is 20.1 Å². The summed E-state index contributed by atoms with van der Waals surface area (Å²) >= 11 is 12.2. The third-order valence-electron chi connectivity index (χ3n) is 4.24. The van der Waals surface area contributed by atoms with Crippen LogP contribution < -0.4 is 0 Å². The normalized spacial score (nSPS) is 24.4. The number of imidazole rings is 1. The van der Waals surface area contributed by atoms with Crippen LogP contribution in [0, 0.1) is 5.92 Å². The van der Waals surface area contributed by atoms with Gasteiger partial charge in [0, 0.05) is 17.6 Å². The Balaban J connectivity index is 2.09. The van der Waals surface area contributed by atoms with Crippen molar-refractivity contribution in [3.05, 3.63) is 29.0 Å². The van der Waals surface area contributed by atoms with Crippen LogP contribution in [0.15, 0.2) is 18.2 Å². The monoisotopic (exact) mass is 311 g/mol. The van der Waals surface area contributed by atoms with Crippen molar-refractivity contribution < 1.29 is 0 Å². The number of halogens is 2. The van der Waals surface area contributed by atoms with Crippen molar-refractivity contribution in [3.8, 4) is 0 Å². The molecule has 2 unspecified atom stereocenters. The molecular weight excluding hydrogens is 293 g/mol. The number of aromatic nitrogens is 2. The van der Waals surface area contributed by atoms with Crippen molar-refractivity contribution in [1.29, 1.82) is 0 Å². The Morgan fingerprint density at radius 3 is 2.90 bits per heavy atom. The third-order valence-corrected chi connectivity index (χ3v) is 4.71. The van der Waals surface area contributed by atoms with Gasteiger partial charge in [-0.2, -0.15) is 0 Å². The molecule has 2 atom stereocenters. The van der Waals surface area contributed by atoms with Crippen LogP contribution in [-0.2, 0) is 5.88 Å². The first-order chi connectivity index (χ1) is 9.60. The van der Waals surface area contributed by atoms with Gasteiger partial charge in [-0.25, -0.2) is 4.98 Å². The topological polar surface area (TPSA) is 21.1 Å². The zero-order chi connectivity index (χ0) is 14.3. The summed E-state index contributed by atoms with van der Waals surface area (Å²) in [5.74, 6) is 1.97. The molecule has 1 aliphatic heterocycles. The summed E-state index contributed by atoms with van der Waals surface area (Å²) in [6, 6.07) is 6.38. The summed E-state index contributed by atoms with van der Waals surface area (Å²) in [6.45, 7) is 4.53. The fourth-order valence-corrected chi connectivity index (χ4v) is 3.67. The molecule has 2 aromatic rings. The predicted molar refractivity (Wildman–Crippen MR) is 84.6 cm³/mol. The number of alkyl halides is 1. The minimum absolute atomic E-state index is 0.436. The van der Waals surface area contributed by atoms with Gasteiger partial charge < -0.3 is 9.47 Å². The van der Waals surface area contributed by atoms with E-state index in [1.165, 1.54) is 0 Å². The molecule has 1 aromatic carbocycles. The highest BCUT2D eigenvalue weighted by molar-refractivity contribution is 6.31. The van der Waals surface area contributed by atoms with Gasteiger partial charge in [0.1, 0.15) is 5.82 Å². The molecular formula is C15H19Cl2N3. The van der Waals surface area contributed by atoms with Gasteiger partial charge in [0.05, 0.1) is 16.9 Å². The number of hydrogen-bond donors (Lipinski definition) is 0. The van der Waals surface area contributed by atoms with Crippen LogP contribution in [0.25, 0.3) is 11.0 Å². The number of likely N-dealkylation sites (tertiary alicyclic amines) is 1. The van der Waals surface area contributed by atoms with E-state index in [4.69, 9.17) is 23.2 Å². The Morgan fingerprint density at radius 2 is 2.20 bits per heavy atom. The van der Waals surface area contributed by atoms with Crippen molar-refractivity contribution in [2.45, 2.75) is 25.3 Å². The van der Waals surface area contributed by atoms with Crippen LogP contribution in [0.5, 0.6) is 0 Å². The average molecular weight is 312 g/mol. The maximum absolute atomic E-state index is 6.11. The van der Waals surface area contributed by atoms with Crippen LogP contribution in [0.4, 0.5) is 0 Å². The largest absolute Gasteiger partial charge is 0.323 e. The molecule has 0 amide bonds. The quantitative estimate of drug-likeness (QED) is 0.783. The van der Waals surface area contributed by atoms with Gasteiger partial charge >= 0.3 is 0 Å². The first-order valence-electron chi connectivity index (χ1n) is 7.01. The minimum Gasteiger partial charge on any atom is -0.323 e. The molecule has 0 N–H and O–H groups in total. The fourth-order valence-electron chi connectivity index (χ4n) is 3.31. The van der Waals surface area contributed by atoms with E-state index in [0.717, 1.165) is 41.4 Å². The van der Waals surface area contributed by atoms with Gasteiger partial charge in [0.2, 0.25) is 0 Å². The van der Waals surface area contributed by atoms with Crippen molar-refractivity contribution in [3.63, 3.8) is 0 Å². The Kier molecular flexibility index (Phi) is 3.93. The lowest BCUT2D eigenvalue weighted by atomic mass is 9.93. The first-order valence-corrected chi connectivity index (χ1v) is 7.92. The SMILES string of the molecule is CC1CN(C)CCC1n1c(CCl)nc2cc(Cl)ccc21. The van der Waals surface area contributed by atoms with Crippen LogP contribution in [0.2, 0.25) is 5.02 Å². The highest BCUT2D eigenvalue weighted by Crippen LogP contribution is 2.33. The molecule has 3 rings (SSSR count). The third kappa shape index (κ3) is 2.43. The highest BCUT2D eigenvalue weighted by atomic mass is 35.5. The molecule has 0 spiro atoms. The Labute approximate surface area is 129 Å². The standard InChI is InChI=1S/C15H19Cl2N3/c1-10-9-19(2)6-5-13(10)20-14-4-3-11(17)7-12(14)18-15(20)8-16/h3-4,7,10,13H,5-6,8-9H2,1-2H3. The Hall–Kier alpha value is -0.770. The zero-order valence-corrected chi connectivity index (χ0v) is 13.3. The second-order valence-electron chi connectivity index (χ2n) is 5.76. The second-order valence-corrected chi connectivity index (χ2v) is 6.46. The maximum atomic E-state index is 6.11. The first kappa shape index (κ1) is 14.2. The molecule has 1 aromatic heterocycles. The average Bonchev–Trinajstić information content (AvgIpc) is 2.76. The van der Waals surface area contributed by atoms with E-state index >= 15 is 0 Å². The van der Waals surface area contributed by atoms with E-state index in [1.807, 2.05) is 12.1 Å². The molecule has 1 saturated heterocycles. The van der Waals surface area contributed by atoms with E-state index in [1.54, 1.807) is 0 Å². The van der Waals surface area contributed by atoms with Gasteiger partial charge in [-0.1, -0.05) is 18.5 Å². The molecule has 3 nitrogen and oxygen atoms in total. The molecule has 20 heavy (non-hydrogen) atoms.